The summed E-state index contributed by atoms with van der Waals surface area (Å²) in [5.41, 5.74) is 2.90. The lowest BCUT2D eigenvalue weighted by Gasteiger charge is -2.08. The summed E-state index contributed by atoms with van der Waals surface area (Å²) in [6.45, 7) is 1.89. The Labute approximate surface area is 134 Å². The number of aryl methyl sites for hydroxylation is 1. The number of amides is 1. The molecule has 23 heavy (non-hydrogen) atoms. The first-order chi connectivity index (χ1) is 11.1. The van der Waals surface area contributed by atoms with Crippen LogP contribution in [0.1, 0.15) is 15.9 Å². The summed E-state index contributed by atoms with van der Waals surface area (Å²) in [5, 5.41) is 23.0. The van der Waals surface area contributed by atoms with Crippen LogP contribution in [0.5, 0.6) is 0 Å². The van der Waals surface area contributed by atoms with Crippen molar-refractivity contribution in [1.29, 1.82) is 10.5 Å². The number of carbonyl (C=O) groups excluding carboxylic acids is 1. The Balaban J connectivity index is 2.05. The molecule has 1 amide bonds. The third kappa shape index (κ3) is 4.20. The molecule has 0 aliphatic rings. The van der Waals surface area contributed by atoms with Crippen LogP contribution >= 0.6 is 0 Å². The molecule has 0 radical (unpaired) electrons. The fraction of sp³-hybridized carbons (Fsp3) is 0.0556. The molecule has 0 aliphatic carbocycles. The second-order valence-corrected chi connectivity index (χ2v) is 4.77. The van der Waals surface area contributed by atoms with Gasteiger partial charge in [0.15, 0.2) is 0 Å². The number of hydrogen-bond acceptors (Lipinski definition) is 4. The fourth-order valence-electron chi connectivity index (χ4n) is 1.92. The number of nitrogens with one attached hydrogen (secondary N) is 2. The molecule has 5 heteroatoms. The molecule has 0 saturated heterocycles. The first-order valence-corrected chi connectivity index (χ1v) is 6.88. The molecule has 0 aromatic heterocycles. The number of nitrogens with zero attached hydrogens (tertiary/aromatic N) is 2. The smallest absolute Gasteiger partial charge is 0.255 e. The first kappa shape index (κ1) is 15.8. The Bertz CT molecular complexity index is 807. The minimum atomic E-state index is -0.167. The van der Waals surface area contributed by atoms with Gasteiger partial charge < -0.3 is 10.6 Å². The zero-order valence-electron chi connectivity index (χ0n) is 12.5. The molecule has 0 heterocycles. The zero-order valence-corrected chi connectivity index (χ0v) is 12.5. The van der Waals surface area contributed by atoms with E-state index in [2.05, 4.69) is 10.6 Å². The molecule has 0 atom stereocenters. The zero-order chi connectivity index (χ0) is 16.7. The summed E-state index contributed by atoms with van der Waals surface area (Å²) >= 11 is 0. The van der Waals surface area contributed by atoms with Gasteiger partial charge in [0.25, 0.3) is 5.91 Å². The molecule has 0 spiro atoms. The van der Waals surface area contributed by atoms with Gasteiger partial charge in [-0.1, -0.05) is 18.2 Å². The SMILES string of the molecule is Cc1ccccc1C(=O)Nc1ccc(NC=C(C#N)C#N)cc1. The van der Waals surface area contributed by atoms with E-state index >= 15 is 0 Å². The van der Waals surface area contributed by atoms with Gasteiger partial charge in [0, 0.05) is 23.1 Å². The number of benzene rings is 2. The van der Waals surface area contributed by atoms with Crippen molar-refractivity contribution >= 4 is 17.3 Å². The van der Waals surface area contributed by atoms with E-state index in [-0.39, 0.29) is 11.5 Å². The van der Waals surface area contributed by atoms with Gasteiger partial charge in [-0.15, -0.1) is 0 Å². The molecule has 0 bridgehead atoms. The topological polar surface area (TPSA) is 88.7 Å². The second-order valence-electron chi connectivity index (χ2n) is 4.77. The predicted octanol–water partition coefficient (Wildman–Crippen LogP) is 3.59. The molecule has 112 valence electrons. The van der Waals surface area contributed by atoms with Crippen LogP contribution < -0.4 is 10.6 Å². The maximum Gasteiger partial charge on any atom is 0.255 e. The molecule has 5 nitrogen and oxygen atoms in total. The highest BCUT2D eigenvalue weighted by molar-refractivity contribution is 6.05. The van der Waals surface area contributed by atoms with Crippen LogP contribution in [0, 0.1) is 29.6 Å². The predicted molar refractivity (Wildman–Crippen MR) is 88.5 cm³/mol. The van der Waals surface area contributed by atoms with E-state index in [0.29, 0.717) is 16.9 Å². The lowest BCUT2D eigenvalue weighted by atomic mass is 10.1. The number of carbonyl (C=O) groups is 1. The largest absolute Gasteiger partial charge is 0.360 e. The highest BCUT2D eigenvalue weighted by Crippen LogP contribution is 2.16. The molecule has 0 aliphatic heterocycles. The summed E-state index contributed by atoms with van der Waals surface area (Å²) in [6, 6.07) is 17.9. The second kappa shape index (κ2) is 7.44. The van der Waals surface area contributed by atoms with Crippen molar-refractivity contribution in [3.8, 4) is 12.1 Å². The lowest BCUT2D eigenvalue weighted by Crippen LogP contribution is -2.13. The van der Waals surface area contributed by atoms with Crippen molar-refractivity contribution in [2.45, 2.75) is 6.92 Å². The Kier molecular flexibility index (Phi) is 5.12. The summed E-state index contributed by atoms with van der Waals surface area (Å²) < 4.78 is 0. The summed E-state index contributed by atoms with van der Waals surface area (Å²) in [6.07, 6.45) is 1.33. The molecular weight excluding hydrogens is 288 g/mol. The number of rotatable bonds is 4. The van der Waals surface area contributed by atoms with E-state index in [9.17, 15) is 4.79 Å². The number of hydrogen-bond donors (Lipinski definition) is 2. The van der Waals surface area contributed by atoms with Crippen LogP contribution in [0.25, 0.3) is 0 Å². The van der Waals surface area contributed by atoms with Gasteiger partial charge in [0.1, 0.15) is 17.7 Å². The number of nitriles is 2. The van der Waals surface area contributed by atoms with Crippen molar-refractivity contribution in [2.24, 2.45) is 0 Å². The van der Waals surface area contributed by atoms with Gasteiger partial charge in [0.2, 0.25) is 0 Å². The van der Waals surface area contributed by atoms with Crippen molar-refractivity contribution in [3.05, 3.63) is 71.4 Å². The van der Waals surface area contributed by atoms with Crippen molar-refractivity contribution in [1.82, 2.24) is 0 Å². The molecule has 0 fully saturated rings. The standard InChI is InChI=1S/C18H14N4O/c1-13-4-2-3-5-17(13)18(23)22-16-8-6-15(7-9-16)21-12-14(10-19)11-20/h2-9,12,21H,1H3,(H,22,23). The van der Waals surface area contributed by atoms with Crippen LogP contribution in [0.4, 0.5) is 11.4 Å². The van der Waals surface area contributed by atoms with Crippen LogP contribution in [-0.2, 0) is 0 Å². The van der Waals surface area contributed by atoms with E-state index < -0.39 is 0 Å². The maximum absolute atomic E-state index is 12.2. The molecule has 2 aromatic rings. The van der Waals surface area contributed by atoms with Crippen LogP contribution in [0.3, 0.4) is 0 Å². The number of anilines is 2. The van der Waals surface area contributed by atoms with Crippen molar-refractivity contribution in [3.63, 3.8) is 0 Å². The Morgan fingerprint density at radius 1 is 1.00 bits per heavy atom. The Hall–Kier alpha value is -3.57. The normalized spacial score (nSPS) is 9.17. The molecular formula is C18H14N4O. The molecule has 0 saturated carbocycles. The summed E-state index contributed by atoms with van der Waals surface area (Å²) in [7, 11) is 0. The molecule has 2 rings (SSSR count). The molecule has 0 unspecified atom stereocenters. The van der Waals surface area contributed by atoms with E-state index in [1.807, 2.05) is 25.1 Å². The van der Waals surface area contributed by atoms with E-state index in [0.717, 1.165) is 5.56 Å². The van der Waals surface area contributed by atoms with Crippen LogP contribution in [0.2, 0.25) is 0 Å². The van der Waals surface area contributed by atoms with Gasteiger partial charge in [0.05, 0.1) is 0 Å². The van der Waals surface area contributed by atoms with Crippen LogP contribution in [-0.4, -0.2) is 5.91 Å². The minimum Gasteiger partial charge on any atom is -0.360 e. The highest BCUT2D eigenvalue weighted by Gasteiger charge is 2.08. The van der Waals surface area contributed by atoms with Gasteiger partial charge in [-0.2, -0.15) is 10.5 Å². The summed E-state index contributed by atoms with van der Waals surface area (Å²) in [5.74, 6) is -0.167. The van der Waals surface area contributed by atoms with E-state index in [1.54, 1.807) is 42.5 Å². The van der Waals surface area contributed by atoms with Gasteiger partial charge >= 0.3 is 0 Å². The van der Waals surface area contributed by atoms with Crippen molar-refractivity contribution < 1.29 is 4.79 Å². The Morgan fingerprint density at radius 2 is 1.61 bits per heavy atom. The first-order valence-electron chi connectivity index (χ1n) is 6.88. The highest BCUT2D eigenvalue weighted by atomic mass is 16.1. The fourth-order valence-corrected chi connectivity index (χ4v) is 1.92. The summed E-state index contributed by atoms with van der Waals surface area (Å²) in [4.78, 5) is 12.2. The van der Waals surface area contributed by atoms with E-state index in [4.69, 9.17) is 10.5 Å². The third-order valence-electron chi connectivity index (χ3n) is 3.16. The quantitative estimate of drug-likeness (QED) is 0.845. The van der Waals surface area contributed by atoms with Gasteiger partial charge in [-0.05, 0) is 42.8 Å². The molecule has 2 aromatic carbocycles. The average Bonchev–Trinajstić information content (AvgIpc) is 2.57. The van der Waals surface area contributed by atoms with Gasteiger partial charge in [-0.3, -0.25) is 4.79 Å². The molecule has 2 N–H and O–H groups in total. The van der Waals surface area contributed by atoms with Crippen molar-refractivity contribution in [2.75, 3.05) is 10.6 Å². The monoisotopic (exact) mass is 302 g/mol. The Morgan fingerprint density at radius 3 is 2.22 bits per heavy atom. The van der Waals surface area contributed by atoms with Crippen LogP contribution in [0.15, 0.2) is 60.3 Å². The maximum atomic E-state index is 12.2. The minimum absolute atomic E-state index is 0.0121. The average molecular weight is 302 g/mol. The third-order valence-corrected chi connectivity index (χ3v) is 3.16. The number of allylic oxidation sites excluding steroid dienone is 1. The van der Waals surface area contributed by atoms with Gasteiger partial charge in [-0.25, -0.2) is 0 Å². The lowest BCUT2D eigenvalue weighted by molar-refractivity contribution is 0.102. The van der Waals surface area contributed by atoms with E-state index in [1.165, 1.54) is 6.20 Å².